The van der Waals surface area contributed by atoms with Crippen LogP contribution in [0.1, 0.15) is 47.0 Å². The Morgan fingerprint density at radius 2 is 1.64 bits per heavy atom. The highest BCUT2D eigenvalue weighted by molar-refractivity contribution is 6.20. The van der Waals surface area contributed by atoms with Crippen LogP contribution in [0.2, 0.25) is 0 Å². The molecule has 0 aromatic heterocycles. The number of hydrogen-bond acceptors (Lipinski definition) is 1. The third kappa shape index (κ3) is 8.83. The molecule has 86 valence electrons. The van der Waals surface area contributed by atoms with Gasteiger partial charge >= 0.3 is 0 Å². The van der Waals surface area contributed by atoms with Crippen molar-refractivity contribution in [2.75, 3.05) is 13.2 Å². The van der Waals surface area contributed by atoms with E-state index in [1.807, 2.05) is 0 Å². The van der Waals surface area contributed by atoms with Crippen molar-refractivity contribution in [3.05, 3.63) is 0 Å². The van der Waals surface area contributed by atoms with E-state index < -0.39 is 0 Å². The lowest BCUT2D eigenvalue weighted by molar-refractivity contribution is 0.119. The molecule has 0 bridgehead atoms. The van der Waals surface area contributed by atoms with Gasteiger partial charge in [-0.2, -0.15) is 0 Å². The molecular weight excluding hydrogens is 196 g/mol. The smallest absolute Gasteiger partial charge is 0.0468 e. The van der Waals surface area contributed by atoms with Crippen LogP contribution >= 0.6 is 11.6 Å². The summed E-state index contributed by atoms with van der Waals surface area (Å²) in [4.78, 5) is 0. The predicted octanol–water partition coefficient (Wildman–Crippen LogP) is 4.09. The average Bonchev–Trinajstić information content (AvgIpc) is 2.09. The SMILES string of the molecule is CC(C)CCOCCCC(Cl)C(C)C. The van der Waals surface area contributed by atoms with Crippen LogP contribution < -0.4 is 0 Å². The summed E-state index contributed by atoms with van der Waals surface area (Å²) in [6, 6.07) is 0. The Balaban J connectivity index is 3.13. The van der Waals surface area contributed by atoms with Crippen LogP contribution in [0.25, 0.3) is 0 Å². The number of hydrogen-bond donors (Lipinski definition) is 0. The second kappa shape index (κ2) is 8.55. The minimum atomic E-state index is 0.309. The molecule has 1 unspecified atom stereocenters. The van der Waals surface area contributed by atoms with E-state index in [2.05, 4.69) is 27.7 Å². The first-order valence-electron chi connectivity index (χ1n) is 5.75. The molecule has 0 saturated carbocycles. The van der Waals surface area contributed by atoms with Crippen LogP contribution in [-0.2, 0) is 4.74 Å². The zero-order valence-electron chi connectivity index (χ0n) is 10.1. The van der Waals surface area contributed by atoms with Crippen molar-refractivity contribution >= 4 is 11.6 Å². The number of rotatable bonds is 8. The minimum Gasteiger partial charge on any atom is -0.381 e. The van der Waals surface area contributed by atoms with Crippen LogP contribution in [0.3, 0.4) is 0 Å². The van der Waals surface area contributed by atoms with Gasteiger partial charge in [-0.15, -0.1) is 11.6 Å². The zero-order chi connectivity index (χ0) is 11.0. The highest BCUT2D eigenvalue weighted by Gasteiger charge is 2.08. The molecule has 0 aromatic carbocycles. The topological polar surface area (TPSA) is 9.23 Å². The monoisotopic (exact) mass is 220 g/mol. The van der Waals surface area contributed by atoms with Gasteiger partial charge in [0.15, 0.2) is 0 Å². The van der Waals surface area contributed by atoms with E-state index in [1.54, 1.807) is 0 Å². The molecule has 0 aromatic rings. The first-order chi connectivity index (χ1) is 6.54. The van der Waals surface area contributed by atoms with Crippen molar-refractivity contribution < 1.29 is 4.74 Å². The largest absolute Gasteiger partial charge is 0.381 e. The fraction of sp³-hybridized carbons (Fsp3) is 1.00. The third-order valence-electron chi connectivity index (χ3n) is 2.33. The molecule has 0 spiro atoms. The van der Waals surface area contributed by atoms with Crippen molar-refractivity contribution in [3.8, 4) is 0 Å². The molecule has 0 N–H and O–H groups in total. The van der Waals surface area contributed by atoms with Gasteiger partial charge in [0.1, 0.15) is 0 Å². The Hall–Kier alpha value is 0.250. The van der Waals surface area contributed by atoms with E-state index in [4.69, 9.17) is 16.3 Å². The molecule has 0 aliphatic carbocycles. The Labute approximate surface area is 94.2 Å². The predicted molar refractivity (Wildman–Crippen MR) is 64.0 cm³/mol. The van der Waals surface area contributed by atoms with Gasteiger partial charge in [-0.1, -0.05) is 27.7 Å². The summed E-state index contributed by atoms with van der Waals surface area (Å²) in [6.07, 6.45) is 3.32. The second-order valence-electron chi connectivity index (χ2n) is 4.70. The van der Waals surface area contributed by atoms with Gasteiger partial charge in [-0.3, -0.25) is 0 Å². The quantitative estimate of drug-likeness (QED) is 0.442. The normalized spacial score (nSPS) is 13.9. The van der Waals surface area contributed by atoms with Crippen LogP contribution in [0.4, 0.5) is 0 Å². The van der Waals surface area contributed by atoms with Crippen LogP contribution in [0, 0.1) is 11.8 Å². The van der Waals surface area contributed by atoms with Gasteiger partial charge < -0.3 is 4.74 Å². The van der Waals surface area contributed by atoms with E-state index in [-0.39, 0.29) is 0 Å². The molecule has 0 saturated heterocycles. The molecule has 0 heterocycles. The molecule has 0 radical (unpaired) electrons. The molecule has 0 aliphatic rings. The Morgan fingerprint density at radius 1 is 1.00 bits per heavy atom. The highest BCUT2D eigenvalue weighted by atomic mass is 35.5. The van der Waals surface area contributed by atoms with Crippen molar-refractivity contribution in [3.63, 3.8) is 0 Å². The summed E-state index contributed by atoms with van der Waals surface area (Å²) in [6.45, 7) is 10.5. The van der Waals surface area contributed by atoms with Gasteiger partial charge in [-0.25, -0.2) is 0 Å². The molecule has 2 heteroatoms. The van der Waals surface area contributed by atoms with Crippen molar-refractivity contribution in [1.82, 2.24) is 0 Å². The van der Waals surface area contributed by atoms with Gasteiger partial charge in [0.25, 0.3) is 0 Å². The van der Waals surface area contributed by atoms with Crippen molar-refractivity contribution in [2.45, 2.75) is 52.3 Å². The number of alkyl halides is 1. The van der Waals surface area contributed by atoms with Gasteiger partial charge in [0, 0.05) is 18.6 Å². The molecule has 0 rings (SSSR count). The summed E-state index contributed by atoms with van der Waals surface area (Å²) in [5.41, 5.74) is 0. The Morgan fingerprint density at radius 3 is 2.14 bits per heavy atom. The lowest BCUT2D eigenvalue weighted by Gasteiger charge is -2.13. The minimum absolute atomic E-state index is 0.309. The zero-order valence-corrected chi connectivity index (χ0v) is 10.8. The van der Waals surface area contributed by atoms with Gasteiger partial charge in [-0.05, 0) is 31.1 Å². The molecule has 1 atom stereocenters. The van der Waals surface area contributed by atoms with Gasteiger partial charge in [0.2, 0.25) is 0 Å². The third-order valence-corrected chi connectivity index (χ3v) is 3.05. The molecule has 0 aliphatic heterocycles. The fourth-order valence-electron chi connectivity index (χ4n) is 1.13. The molecule has 0 fully saturated rings. The summed E-state index contributed by atoms with van der Waals surface area (Å²) in [5, 5.41) is 0.309. The second-order valence-corrected chi connectivity index (χ2v) is 5.26. The van der Waals surface area contributed by atoms with Crippen LogP contribution in [-0.4, -0.2) is 18.6 Å². The lowest BCUT2D eigenvalue weighted by Crippen LogP contribution is -2.09. The van der Waals surface area contributed by atoms with E-state index in [0.29, 0.717) is 11.3 Å². The summed E-state index contributed by atoms with van der Waals surface area (Å²) in [5.74, 6) is 1.32. The maximum absolute atomic E-state index is 6.12. The van der Waals surface area contributed by atoms with E-state index >= 15 is 0 Å². The maximum atomic E-state index is 6.12. The fourth-order valence-corrected chi connectivity index (χ4v) is 1.29. The number of ether oxygens (including phenoxy) is 1. The van der Waals surface area contributed by atoms with E-state index in [0.717, 1.165) is 38.4 Å². The number of halogens is 1. The molecular formula is C12H25ClO. The van der Waals surface area contributed by atoms with Crippen molar-refractivity contribution in [2.24, 2.45) is 11.8 Å². The Bertz CT molecular complexity index is 123. The van der Waals surface area contributed by atoms with E-state index in [1.165, 1.54) is 0 Å². The molecule has 14 heavy (non-hydrogen) atoms. The Kier molecular flexibility index (Phi) is 8.70. The van der Waals surface area contributed by atoms with Gasteiger partial charge in [0.05, 0.1) is 0 Å². The average molecular weight is 221 g/mol. The maximum Gasteiger partial charge on any atom is 0.0468 e. The standard InChI is InChI=1S/C12H25ClO/c1-10(2)7-9-14-8-5-6-12(13)11(3)4/h10-12H,5-9H2,1-4H3. The molecule has 0 amide bonds. The van der Waals surface area contributed by atoms with Crippen LogP contribution in [0.5, 0.6) is 0 Å². The van der Waals surface area contributed by atoms with E-state index in [9.17, 15) is 0 Å². The lowest BCUT2D eigenvalue weighted by atomic mass is 10.1. The first kappa shape index (κ1) is 14.2. The highest BCUT2D eigenvalue weighted by Crippen LogP contribution is 2.15. The summed E-state index contributed by atoms with van der Waals surface area (Å²) < 4.78 is 5.52. The van der Waals surface area contributed by atoms with Crippen LogP contribution in [0.15, 0.2) is 0 Å². The molecule has 1 nitrogen and oxygen atoms in total. The summed E-state index contributed by atoms with van der Waals surface area (Å²) >= 11 is 6.12. The first-order valence-corrected chi connectivity index (χ1v) is 6.19. The van der Waals surface area contributed by atoms with Crippen molar-refractivity contribution in [1.29, 1.82) is 0 Å². The summed E-state index contributed by atoms with van der Waals surface area (Å²) in [7, 11) is 0.